The summed E-state index contributed by atoms with van der Waals surface area (Å²) in [4.78, 5) is 0. The second-order valence-corrected chi connectivity index (χ2v) is 5.09. The Hall–Kier alpha value is -2.46. The first-order valence-electron chi connectivity index (χ1n) is 7.04. The molecule has 0 bridgehead atoms. The van der Waals surface area contributed by atoms with Gasteiger partial charge in [0.25, 0.3) is 0 Å². The van der Waals surface area contributed by atoms with Crippen LogP contribution in [-0.2, 0) is 6.54 Å². The molecule has 3 aromatic rings. The molecule has 0 aliphatic rings. The number of nitrogens with one attached hydrogen (secondary N) is 1. The minimum Gasteiger partial charge on any atom is -0.377 e. The van der Waals surface area contributed by atoms with Crippen molar-refractivity contribution in [2.75, 3.05) is 5.32 Å². The van der Waals surface area contributed by atoms with Crippen LogP contribution in [0.5, 0.6) is 0 Å². The fourth-order valence-electron chi connectivity index (χ4n) is 2.38. The Labute approximate surface area is 124 Å². The van der Waals surface area contributed by atoms with Crippen molar-refractivity contribution in [3.63, 3.8) is 0 Å². The molecule has 0 saturated heterocycles. The van der Waals surface area contributed by atoms with Crippen molar-refractivity contribution in [2.24, 2.45) is 5.73 Å². The fourth-order valence-corrected chi connectivity index (χ4v) is 2.38. The summed E-state index contributed by atoms with van der Waals surface area (Å²) in [6.45, 7) is 2.70. The summed E-state index contributed by atoms with van der Waals surface area (Å²) in [5.74, 6) is 0. The van der Waals surface area contributed by atoms with Crippen LogP contribution in [0.4, 0.5) is 5.69 Å². The van der Waals surface area contributed by atoms with Crippen molar-refractivity contribution < 1.29 is 0 Å². The van der Waals surface area contributed by atoms with Crippen molar-refractivity contribution in [2.45, 2.75) is 19.5 Å². The highest BCUT2D eigenvalue weighted by molar-refractivity contribution is 5.90. The van der Waals surface area contributed by atoms with Crippen molar-refractivity contribution in [3.8, 4) is 0 Å². The maximum Gasteiger partial charge on any atom is 0.0950 e. The highest BCUT2D eigenvalue weighted by Crippen LogP contribution is 2.25. The van der Waals surface area contributed by atoms with Crippen molar-refractivity contribution in [1.82, 2.24) is 10.2 Å². The smallest absolute Gasteiger partial charge is 0.0950 e. The lowest BCUT2D eigenvalue weighted by atomic mass is 10.1. The fraction of sp³-hybridized carbons (Fsp3) is 0.176. The molecule has 1 heterocycles. The third-order valence-corrected chi connectivity index (χ3v) is 3.63. The second kappa shape index (κ2) is 5.89. The van der Waals surface area contributed by atoms with Gasteiger partial charge in [0.15, 0.2) is 0 Å². The molecular formula is C17H18N4. The maximum absolute atomic E-state index is 5.63. The highest BCUT2D eigenvalue weighted by Gasteiger charge is 2.08. The average Bonchev–Trinajstić information content (AvgIpc) is 2.55. The maximum atomic E-state index is 5.63. The summed E-state index contributed by atoms with van der Waals surface area (Å²) < 4.78 is 0. The summed E-state index contributed by atoms with van der Waals surface area (Å²) in [5.41, 5.74) is 9.88. The van der Waals surface area contributed by atoms with E-state index in [1.165, 1.54) is 5.56 Å². The molecule has 0 radical (unpaired) electrons. The molecule has 0 saturated carbocycles. The topological polar surface area (TPSA) is 63.8 Å². The van der Waals surface area contributed by atoms with Crippen LogP contribution in [0.15, 0.2) is 54.7 Å². The summed E-state index contributed by atoms with van der Waals surface area (Å²) in [5, 5.41) is 12.8. The highest BCUT2D eigenvalue weighted by atomic mass is 15.1. The van der Waals surface area contributed by atoms with Crippen LogP contribution < -0.4 is 11.1 Å². The van der Waals surface area contributed by atoms with E-state index in [4.69, 9.17) is 5.73 Å². The number of rotatable bonds is 4. The quantitative estimate of drug-likeness (QED) is 0.769. The van der Waals surface area contributed by atoms with Gasteiger partial charge in [0.05, 0.1) is 17.4 Å². The zero-order valence-corrected chi connectivity index (χ0v) is 12.0. The molecule has 3 N–H and O–H groups in total. The SMILES string of the molecule is CC(Nc1cnnc2ccccc12)c1ccc(CN)cc1. The summed E-state index contributed by atoms with van der Waals surface area (Å²) in [6, 6.07) is 16.5. The zero-order chi connectivity index (χ0) is 14.7. The van der Waals surface area contributed by atoms with Gasteiger partial charge in [0.2, 0.25) is 0 Å². The Morgan fingerprint density at radius 3 is 2.62 bits per heavy atom. The van der Waals surface area contributed by atoms with E-state index in [0.29, 0.717) is 6.54 Å². The van der Waals surface area contributed by atoms with E-state index in [1.54, 1.807) is 6.20 Å². The van der Waals surface area contributed by atoms with E-state index in [9.17, 15) is 0 Å². The van der Waals surface area contributed by atoms with Crippen LogP contribution in [0.1, 0.15) is 24.1 Å². The molecular weight excluding hydrogens is 260 g/mol. The minimum absolute atomic E-state index is 0.185. The van der Waals surface area contributed by atoms with Crippen molar-refractivity contribution in [3.05, 3.63) is 65.9 Å². The summed E-state index contributed by atoms with van der Waals surface area (Å²) in [6.07, 6.45) is 1.77. The number of aromatic nitrogens is 2. The molecule has 0 fully saturated rings. The molecule has 3 rings (SSSR count). The van der Waals surface area contributed by atoms with Crippen LogP contribution in [0.3, 0.4) is 0 Å². The Kier molecular flexibility index (Phi) is 3.79. The molecule has 4 nitrogen and oxygen atoms in total. The first-order chi connectivity index (χ1) is 10.3. The predicted octanol–water partition coefficient (Wildman–Crippen LogP) is 3.26. The number of nitrogens with two attached hydrogens (primary N) is 1. The van der Waals surface area contributed by atoms with Gasteiger partial charge in [-0.25, -0.2) is 0 Å². The van der Waals surface area contributed by atoms with Crippen LogP contribution in [0.2, 0.25) is 0 Å². The average molecular weight is 278 g/mol. The number of anilines is 1. The Morgan fingerprint density at radius 1 is 1.10 bits per heavy atom. The predicted molar refractivity (Wildman–Crippen MR) is 85.9 cm³/mol. The lowest BCUT2D eigenvalue weighted by molar-refractivity contribution is 0.880. The first kappa shape index (κ1) is 13.5. The zero-order valence-electron chi connectivity index (χ0n) is 12.0. The van der Waals surface area contributed by atoms with Gasteiger partial charge in [-0.2, -0.15) is 10.2 Å². The molecule has 0 aliphatic carbocycles. The third-order valence-electron chi connectivity index (χ3n) is 3.63. The van der Waals surface area contributed by atoms with Crippen LogP contribution in [0, 0.1) is 0 Å². The van der Waals surface area contributed by atoms with E-state index in [2.05, 4.69) is 52.8 Å². The molecule has 1 atom stereocenters. The number of hydrogen-bond acceptors (Lipinski definition) is 4. The molecule has 0 spiro atoms. The Bertz CT molecular complexity index is 732. The Balaban J connectivity index is 1.87. The third kappa shape index (κ3) is 2.85. The van der Waals surface area contributed by atoms with Crippen molar-refractivity contribution >= 4 is 16.6 Å². The van der Waals surface area contributed by atoms with E-state index >= 15 is 0 Å². The van der Waals surface area contributed by atoms with Gasteiger partial charge in [-0.3, -0.25) is 0 Å². The van der Waals surface area contributed by atoms with Gasteiger partial charge < -0.3 is 11.1 Å². The van der Waals surface area contributed by atoms with Crippen molar-refractivity contribution in [1.29, 1.82) is 0 Å². The molecule has 1 aromatic heterocycles. The normalized spacial score (nSPS) is 12.3. The van der Waals surface area contributed by atoms with Crippen LogP contribution in [-0.4, -0.2) is 10.2 Å². The van der Waals surface area contributed by atoms with E-state index in [-0.39, 0.29) is 6.04 Å². The number of hydrogen-bond donors (Lipinski definition) is 2. The number of fused-ring (bicyclic) bond motifs is 1. The second-order valence-electron chi connectivity index (χ2n) is 5.09. The van der Waals surface area contributed by atoms with Gasteiger partial charge in [-0.15, -0.1) is 0 Å². The molecule has 0 aliphatic heterocycles. The summed E-state index contributed by atoms with van der Waals surface area (Å²) >= 11 is 0. The molecule has 1 unspecified atom stereocenters. The molecule has 0 amide bonds. The molecule has 2 aromatic carbocycles. The molecule has 21 heavy (non-hydrogen) atoms. The Morgan fingerprint density at radius 2 is 1.86 bits per heavy atom. The van der Waals surface area contributed by atoms with E-state index in [1.807, 2.05) is 18.2 Å². The minimum atomic E-state index is 0.185. The van der Waals surface area contributed by atoms with E-state index < -0.39 is 0 Å². The lowest BCUT2D eigenvalue weighted by Crippen LogP contribution is -2.08. The largest absolute Gasteiger partial charge is 0.377 e. The van der Waals surface area contributed by atoms with Gasteiger partial charge in [-0.1, -0.05) is 42.5 Å². The summed E-state index contributed by atoms with van der Waals surface area (Å²) in [7, 11) is 0. The van der Waals surface area contributed by atoms with Crippen LogP contribution >= 0.6 is 0 Å². The number of benzene rings is 2. The number of nitrogens with zero attached hydrogens (tertiary/aromatic N) is 2. The first-order valence-corrected chi connectivity index (χ1v) is 7.04. The monoisotopic (exact) mass is 278 g/mol. The van der Waals surface area contributed by atoms with Gasteiger partial charge in [0, 0.05) is 18.0 Å². The standard InChI is InChI=1S/C17H18N4/c1-12(14-8-6-13(10-18)7-9-14)20-17-11-19-21-16-5-3-2-4-15(16)17/h2-9,11-12H,10,18H2,1H3,(H,20,21). The van der Waals surface area contributed by atoms with Gasteiger partial charge in [0.1, 0.15) is 0 Å². The molecule has 106 valence electrons. The van der Waals surface area contributed by atoms with Crippen LogP contribution in [0.25, 0.3) is 10.9 Å². The van der Waals surface area contributed by atoms with E-state index in [0.717, 1.165) is 22.2 Å². The lowest BCUT2D eigenvalue weighted by Gasteiger charge is -2.17. The van der Waals surface area contributed by atoms with Gasteiger partial charge >= 0.3 is 0 Å². The van der Waals surface area contributed by atoms with Gasteiger partial charge in [-0.05, 0) is 24.1 Å². The molecule has 4 heteroatoms.